The smallest absolute Gasteiger partial charge is 0.345 e. The summed E-state index contributed by atoms with van der Waals surface area (Å²) in [6, 6.07) is 14.5. The molecule has 104 valence electrons. The second kappa shape index (κ2) is 6.44. The van der Waals surface area contributed by atoms with Crippen LogP contribution < -0.4 is 4.74 Å². The number of hydrogen-bond acceptors (Lipinski definition) is 2. The Bertz CT molecular complexity index is 610. The number of aryl methyl sites for hydroxylation is 1. The Kier molecular flexibility index (Phi) is 4.64. The van der Waals surface area contributed by atoms with Gasteiger partial charge in [0.1, 0.15) is 5.75 Å². The van der Waals surface area contributed by atoms with Crippen LogP contribution in [0.5, 0.6) is 5.75 Å². The Labute approximate surface area is 122 Å². The van der Waals surface area contributed by atoms with Crippen LogP contribution in [-0.4, -0.2) is 17.2 Å². The average molecular weight is 291 g/mol. The third kappa shape index (κ3) is 3.75. The van der Waals surface area contributed by atoms with E-state index in [-0.39, 0.29) is 6.42 Å². The standard InChI is InChI=1S/C16H15ClO3/c1-11-5-4-7-13(9-11)20-15(16(18)19)10-12-6-2-3-8-14(12)17/h2-9,15H,10H2,1H3,(H,18,19)/t15-/m0/s1. The molecule has 0 aliphatic heterocycles. The molecule has 0 amide bonds. The van der Waals surface area contributed by atoms with Crippen molar-refractivity contribution in [2.75, 3.05) is 0 Å². The van der Waals surface area contributed by atoms with Crippen molar-refractivity contribution in [1.29, 1.82) is 0 Å². The first-order valence-corrected chi connectivity index (χ1v) is 6.63. The number of ether oxygens (including phenoxy) is 1. The summed E-state index contributed by atoms with van der Waals surface area (Å²) in [5.41, 5.74) is 1.78. The lowest BCUT2D eigenvalue weighted by Gasteiger charge is -2.16. The van der Waals surface area contributed by atoms with Crippen LogP contribution in [0.3, 0.4) is 0 Å². The van der Waals surface area contributed by atoms with Crippen LogP contribution in [0.4, 0.5) is 0 Å². The minimum atomic E-state index is -1.01. The van der Waals surface area contributed by atoms with Gasteiger partial charge in [-0.1, -0.05) is 41.9 Å². The molecule has 0 heterocycles. The molecule has 0 aromatic heterocycles. The molecule has 20 heavy (non-hydrogen) atoms. The summed E-state index contributed by atoms with van der Waals surface area (Å²) in [7, 11) is 0. The monoisotopic (exact) mass is 290 g/mol. The van der Waals surface area contributed by atoms with Gasteiger partial charge in [0.2, 0.25) is 0 Å². The van der Waals surface area contributed by atoms with E-state index in [9.17, 15) is 9.90 Å². The van der Waals surface area contributed by atoms with Gasteiger partial charge in [-0.05, 0) is 36.2 Å². The first-order valence-electron chi connectivity index (χ1n) is 6.26. The topological polar surface area (TPSA) is 46.5 Å². The first kappa shape index (κ1) is 14.4. The third-order valence-electron chi connectivity index (χ3n) is 2.91. The largest absolute Gasteiger partial charge is 0.478 e. The molecule has 0 fully saturated rings. The Hall–Kier alpha value is -2.00. The number of halogens is 1. The zero-order valence-electron chi connectivity index (χ0n) is 11.0. The minimum Gasteiger partial charge on any atom is -0.478 e. The summed E-state index contributed by atoms with van der Waals surface area (Å²) >= 11 is 6.05. The molecule has 1 atom stereocenters. The summed E-state index contributed by atoms with van der Waals surface area (Å²) in [5, 5.41) is 9.84. The van der Waals surface area contributed by atoms with Crippen molar-refractivity contribution < 1.29 is 14.6 Å². The predicted molar refractivity (Wildman–Crippen MR) is 78.4 cm³/mol. The maximum Gasteiger partial charge on any atom is 0.345 e. The SMILES string of the molecule is Cc1cccc(O[C@@H](Cc2ccccc2Cl)C(=O)O)c1. The molecule has 1 N–H and O–H groups in total. The highest BCUT2D eigenvalue weighted by Crippen LogP contribution is 2.20. The number of rotatable bonds is 5. The zero-order chi connectivity index (χ0) is 14.5. The number of carbonyl (C=O) groups is 1. The molecule has 3 nitrogen and oxygen atoms in total. The van der Waals surface area contributed by atoms with Crippen LogP contribution in [-0.2, 0) is 11.2 Å². The molecule has 0 bridgehead atoms. The van der Waals surface area contributed by atoms with Crippen molar-refractivity contribution in [3.8, 4) is 5.75 Å². The number of hydrogen-bond donors (Lipinski definition) is 1. The van der Waals surface area contributed by atoms with Crippen LogP contribution in [0, 0.1) is 6.92 Å². The van der Waals surface area contributed by atoms with E-state index in [0.717, 1.165) is 11.1 Å². The van der Waals surface area contributed by atoms with Gasteiger partial charge in [0.25, 0.3) is 0 Å². The fraction of sp³-hybridized carbons (Fsp3) is 0.188. The van der Waals surface area contributed by atoms with Crippen molar-refractivity contribution in [2.24, 2.45) is 0 Å². The van der Waals surface area contributed by atoms with Crippen LogP contribution in [0.1, 0.15) is 11.1 Å². The number of aliphatic carboxylic acids is 1. The van der Waals surface area contributed by atoms with Crippen LogP contribution in [0.15, 0.2) is 48.5 Å². The van der Waals surface area contributed by atoms with Gasteiger partial charge in [-0.2, -0.15) is 0 Å². The zero-order valence-corrected chi connectivity index (χ0v) is 11.8. The molecular formula is C16H15ClO3. The summed E-state index contributed by atoms with van der Waals surface area (Å²) in [6.07, 6.45) is -0.736. The molecule has 0 radical (unpaired) electrons. The molecule has 4 heteroatoms. The van der Waals surface area contributed by atoms with E-state index in [1.54, 1.807) is 18.2 Å². The number of carboxylic acids is 1. The molecule has 0 aliphatic rings. The van der Waals surface area contributed by atoms with Crippen LogP contribution >= 0.6 is 11.6 Å². The molecule has 2 rings (SSSR count). The molecular weight excluding hydrogens is 276 g/mol. The molecule has 0 spiro atoms. The Morgan fingerprint density at radius 3 is 2.65 bits per heavy atom. The maximum atomic E-state index is 11.3. The highest BCUT2D eigenvalue weighted by atomic mass is 35.5. The lowest BCUT2D eigenvalue weighted by Crippen LogP contribution is -2.29. The molecule has 0 saturated carbocycles. The lowest BCUT2D eigenvalue weighted by atomic mass is 10.1. The summed E-state index contributed by atoms with van der Waals surface area (Å²) in [5.74, 6) is -0.462. The van der Waals surface area contributed by atoms with Gasteiger partial charge in [-0.15, -0.1) is 0 Å². The highest BCUT2D eigenvalue weighted by Gasteiger charge is 2.21. The fourth-order valence-corrected chi connectivity index (χ4v) is 2.11. The lowest BCUT2D eigenvalue weighted by molar-refractivity contribution is -0.145. The Morgan fingerprint density at radius 2 is 2.00 bits per heavy atom. The van der Waals surface area contributed by atoms with E-state index < -0.39 is 12.1 Å². The van der Waals surface area contributed by atoms with Gasteiger partial charge in [0.05, 0.1) is 0 Å². The van der Waals surface area contributed by atoms with E-state index in [4.69, 9.17) is 16.3 Å². The van der Waals surface area contributed by atoms with Crippen molar-refractivity contribution in [2.45, 2.75) is 19.4 Å². The van der Waals surface area contributed by atoms with Gasteiger partial charge in [-0.3, -0.25) is 0 Å². The molecule has 0 unspecified atom stereocenters. The summed E-state index contributed by atoms with van der Waals surface area (Å²) in [6.45, 7) is 1.93. The first-order chi connectivity index (χ1) is 9.56. The Balaban J connectivity index is 2.16. The molecule has 2 aromatic rings. The normalized spacial score (nSPS) is 11.9. The second-order valence-electron chi connectivity index (χ2n) is 4.56. The minimum absolute atomic E-state index is 0.225. The van der Waals surface area contributed by atoms with Crippen LogP contribution in [0.2, 0.25) is 5.02 Å². The predicted octanol–water partition coefficient (Wildman–Crippen LogP) is 3.72. The van der Waals surface area contributed by atoms with Crippen molar-refractivity contribution in [1.82, 2.24) is 0 Å². The molecule has 0 saturated heterocycles. The fourth-order valence-electron chi connectivity index (χ4n) is 1.90. The quantitative estimate of drug-likeness (QED) is 0.913. The van der Waals surface area contributed by atoms with E-state index in [1.807, 2.05) is 37.3 Å². The third-order valence-corrected chi connectivity index (χ3v) is 3.28. The Morgan fingerprint density at radius 1 is 1.25 bits per heavy atom. The van der Waals surface area contributed by atoms with Gasteiger partial charge in [0, 0.05) is 11.4 Å². The highest BCUT2D eigenvalue weighted by molar-refractivity contribution is 6.31. The second-order valence-corrected chi connectivity index (χ2v) is 4.96. The van der Waals surface area contributed by atoms with Gasteiger partial charge in [-0.25, -0.2) is 4.79 Å². The summed E-state index contributed by atoms with van der Waals surface area (Å²) in [4.78, 5) is 11.3. The molecule has 0 aliphatic carbocycles. The van der Waals surface area contributed by atoms with Gasteiger partial charge >= 0.3 is 5.97 Å². The van der Waals surface area contributed by atoms with Gasteiger partial charge < -0.3 is 9.84 Å². The maximum absolute atomic E-state index is 11.3. The van der Waals surface area contributed by atoms with E-state index in [0.29, 0.717) is 10.8 Å². The van der Waals surface area contributed by atoms with Crippen molar-refractivity contribution in [3.05, 3.63) is 64.7 Å². The van der Waals surface area contributed by atoms with Crippen LogP contribution in [0.25, 0.3) is 0 Å². The summed E-state index contributed by atoms with van der Waals surface area (Å²) < 4.78 is 5.56. The molecule has 2 aromatic carbocycles. The van der Waals surface area contributed by atoms with E-state index >= 15 is 0 Å². The van der Waals surface area contributed by atoms with Crippen molar-refractivity contribution in [3.63, 3.8) is 0 Å². The number of benzene rings is 2. The average Bonchev–Trinajstić information content (AvgIpc) is 2.40. The van der Waals surface area contributed by atoms with Crippen molar-refractivity contribution >= 4 is 17.6 Å². The van der Waals surface area contributed by atoms with E-state index in [2.05, 4.69) is 0 Å². The van der Waals surface area contributed by atoms with E-state index in [1.165, 1.54) is 0 Å². The van der Waals surface area contributed by atoms with Gasteiger partial charge in [0.15, 0.2) is 6.10 Å². The number of carboxylic acid groups (broad SMARTS) is 1.